The van der Waals surface area contributed by atoms with Crippen molar-refractivity contribution in [2.45, 2.75) is 26.3 Å². The highest BCUT2D eigenvalue weighted by molar-refractivity contribution is 5.97. The first kappa shape index (κ1) is 16.5. The molecule has 2 rings (SSSR count). The van der Waals surface area contributed by atoms with E-state index >= 15 is 0 Å². The molecule has 1 unspecified atom stereocenters. The lowest BCUT2D eigenvalue weighted by atomic mass is 10.0. The number of phenolic OH excluding ortho intramolecular Hbond substituents is 1. The second kappa shape index (κ2) is 6.96. The number of rotatable bonds is 5. The Morgan fingerprint density at radius 3 is 2.30 bits per heavy atom. The number of aliphatic carboxylic acids is 1. The molecule has 0 fully saturated rings. The zero-order valence-electron chi connectivity index (χ0n) is 13.0. The molecule has 0 saturated heterocycles. The summed E-state index contributed by atoms with van der Waals surface area (Å²) >= 11 is 0. The predicted octanol–water partition coefficient (Wildman–Crippen LogP) is 2.43. The molecule has 5 nitrogen and oxygen atoms in total. The summed E-state index contributed by atoms with van der Waals surface area (Å²) in [5.41, 5.74) is 3.03. The minimum atomic E-state index is -1.10. The third kappa shape index (κ3) is 4.32. The van der Waals surface area contributed by atoms with Gasteiger partial charge in [0.05, 0.1) is 0 Å². The van der Waals surface area contributed by atoms with Gasteiger partial charge < -0.3 is 15.5 Å². The van der Waals surface area contributed by atoms with Crippen molar-refractivity contribution >= 4 is 11.9 Å². The molecule has 5 heteroatoms. The van der Waals surface area contributed by atoms with Gasteiger partial charge in [-0.25, -0.2) is 4.79 Å². The topological polar surface area (TPSA) is 86.6 Å². The van der Waals surface area contributed by atoms with Crippen molar-refractivity contribution in [3.63, 3.8) is 0 Å². The number of phenols is 1. The molecular weight excluding hydrogens is 294 g/mol. The maximum absolute atomic E-state index is 12.3. The number of aromatic hydroxyl groups is 1. The third-order valence-electron chi connectivity index (χ3n) is 3.61. The molecule has 2 aromatic rings. The monoisotopic (exact) mass is 313 g/mol. The van der Waals surface area contributed by atoms with Gasteiger partial charge in [0.1, 0.15) is 11.8 Å². The fourth-order valence-corrected chi connectivity index (χ4v) is 2.37. The van der Waals surface area contributed by atoms with E-state index in [2.05, 4.69) is 5.32 Å². The van der Waals surface area contributed by atoms with Crippen molar-refractivity contribution in [3.05, 3.63) is 64.7 Å². The molecule has 0 aliphatic carbocycles. The molecule has 0 radical (unpaired) electrons. The van der Waals surface area contributed by atoms with Gasteiger partial charge in [-0.3, -0.25) is 4.79 Å². The van der Waals surface area contributed by atoms with Gasteiger partial charge in [-0.2, -0.15) is 0 Å². The number of hydrogen-bond donors (Lipinski definition) is 3. The lowest BCUT2D eigenvalue weighted by Gasteiger charge is -2.16. The molecule has 0 aromatic heterocycles. The van der Waals surface area contributed by atoms with Gasteiger partial charge in [-0.05, 0) is 43.2 Å². The maximum Gasteiger partial charge on any atom is 0.326 e. The smallest absolute Gasteiger partial charge is 0.326 e. The fraction of sp³-hybridized carbons (Fsp3) is 0.222. The van der Waals surface area contributed by atoms with Crippen molar-refractivity contribution in [3.8, 4) is 5.75 Å². The number of carbonyl (C=O) groups excluding carboxylic acids is 1. The minimum absolute atomic E-state index is 0.111. The van der Waals surface area contributed by atoms with Gasteiger partial charge in [0.15, 0.2) is 0 Å². The summed E-state index contributed by atoms with van der Waals surface area (Å²) in [5.74, 6) is -1.40. The standard InChI is InChI=1S/C18H19NO4/c1-11-3-8-15(12(2)9-11)17(21)19-16(18(22)23)10-13-4-6-14(20)7-5-13/h3-9,16,20H,10H2,1-2H3,(H,19,21)(H,22,23). The van der Waals surface area contributed by atoms with E-state index in [9.17, 15) is 19.8 Å². The van der Waals surface area contributed by atoms with Crippen molar-refractivity contribution in [2.24, 2.45) is 0 Å². The Morgan fingerprint density at radius 1 is 1.09 bits per heavy atom. The van der Waals surface area contributed by atoms with Crippen molar-refractivity contribution in [1.29, 1.82) is 0 Å². The van der Waals surface area contributed by atoms with Crippen LogP contribution in [0.3, 0.4) is 0 Å². The molecule has 0 spiro atoms. The molecule has 23 heavy (non-hydrogen) atoms. The average Bonchev–Trinajstić information content (AvgIpc) is 2.48. The van der Waals surface area contributed by atoms with E-state index in [1.165, 1.54) is 12.1 Å². The largest absolute Gasteiger partial charge is 0.508 e. The Bertz CT molecular complexity index is 722. The van der Waals surface area contributed by atoms with E-state index in [1.54, 1.807) is 18.2 Å². The molecule has 3 N–H and O–H groups in total. The molecule has 0 saturated carbocycles. The van der Waals surface area contributed by atoms with E-state index in [-0.39, 0.29) is 12.2 Å². The van der Waals surface area contributed by atoms with E-state index in [4.69, 9.17) is 0 Å². The third-order valence-corrected chi connectivity index (χ3v) is 3.61. The number of aryl methyl sites for hydroxylation is 2. The molecule has 1 atom stereocenters. The lowest BCUT2D eigenvalue weighted by molar-refractivity contribution is -0.139. The van der Waals surface area contributed by atoms with Gasteiger partial charge in [0.25, 0.3) is 5.91 Å². The molecular formula is C18H19NO4. The van der Waals surface area contributed by atoms with Crippen LogP contribution in [0, 0.1) is 13.8 Å². The van der Waals surface area contributed by atoms with Crippen LogP contribution in [-0.4, -0.2) is 28.1 Å². The highest BCUT2D eigenvalue weighted by Crippen LogP contribution is 2.13. The number of carboxylic acid groups (broad SMARTS) is 1. The van der Waals surface area contributed by atoms with Crippen LogP contribution < -0.4 is 5.32 Å². The number of nitrogens with one attached hydrogen (secondary N) is 1. The fourth-order valence-electron chi connectivity index (χ4n) is 2.37. The van der Waals surface area contributed by atoms with Crippen LogP contribution in [0.25, 0.3) is 0 Å². The summed E-state index contributed by atoms with van der Waals surface area (Å²) in [5, 5.41) is 21.2. The Labute approximate surface area is 134 Å². The second-order valence-corrected chi connectivity index (χ2v) is 5.55. The lowest BCUT2D eigenvalue weighted by Crippen LogP contribution is -2.42. The molecule has 0 aliphatic rings. The highest BCUT2D eigenvalue weighted by atomic mass is 16.4. The Hall–Kier alpha value is -2.82. The first-order chi connectivity index (χ1) is 10.9. The summed E-state index contributed by atoms with van der Waals surface area (Å²) in [6.45, 7) is 3.75. The second-order valence-electron chi connectivity index (χ2n) is 5.55. The van der Waals surface area contributed by atoms with Crippen LogP contribution in [0.1, 0.15) is 27.0 Å². The van der Waals surface area contributed by atoms with Crippen LogP contribution in [-0.2, 0) is 11.2 Å². The van der Waals surface area contributed by atoms with Gasteiger partial charge in [-0.15, -0.1) is 0 Å². The van der Waals surface area contributed by atoms with Gasteiger partial charge in [0.2, 0.25) is 0 Å². The quantitative estimate of drug-likeness (QED) is 0.791. The van der Waals surface area contributed by atoms with Crippen LogP contribution in [0.15, 0.2) is 42.5 Å². The first-order valence-electron chi connectivity index (χ1n) is 7.25. The number of carboxylic acids is 1. The van der Waals surface area contributed by atoms with Crippen molar-refractivity contribution in [1.82, 2.24) is 5.32 Å². The normalized spacial score (nSPS) is 11.7. The van der Waals surface area contributed by atoms with Gasteiger partial charge in [-0.1, -0.05) is 29.8 Å². The average molecular weight is 313 g/mol. The Kier molecular flexibility index (Phi) is 5.01. The van der Waals surface area contributed by atoms with Gasteiger partial charge in [0, 0.05) is 12.0 Å². The Morgan fingerprint density at radius 2 is 1.74 bits per heavy atom. The number of hydrogen-bond acceptors (Lipinski definition) is 3. The van der Waals surface area contributed by atoms with E-state index in [0.717, 1.165) is 16.7 Å². The first-order valence-corrected chi connectivity index (χ1v) is 7.25. The van der Waals surface area contributed by atoms with Crippen molar-refractivity contribution < 1.29 is 19.8 Å². The van der Waals surface area contributed by atoms with E-state index in [1.807, 2.05) is 26.0 Å². The van der Waals surface area contributed by atoms with E-state index in [0.29, 0.717) is 5.56 Å². The summed E-state index contributed by atoms with van der Waals surface area (Å²) in [4.78, 5) is 23.7. The van der Waals surface area contributed by atoms with Crippen LogP contribution >= 0.6 is 0 Å². The maximum atomic E-state index is 12.3. The van der Waals surface area contributed by atoms with Crippen LogP contribution in [0.2, 0.25) is 0 Å². The van der Waals surface area contributed by atoms with Crippen LogP contribution in [0.4, 0.5) is 0 Å². The van der Waals surface area contributed by atoms with Crippen molar-refractivity contribution in [2.75, 3.05) is 0 Å². The molecule has 2 aromatic carbocycles. The molecule has 0 aliphatic heterocycles. The van der Waals surface area contributed by atoms with Gasteiger partial charge >= 0.3 is 5.97 Å². The molecule has 0 heterocycles. The minimum Gasteiger partial charge on any atom is -0.508 e. The molecule has 120 valence electrons. The SMILES string of the molecule is Cc1ccc(C(=O)NC(Cc2ccc(O)cc2)C(=O)O)c(C)c1. The predicted molar refractivity (Wildman–Crippen MR) is 86.6 cm³/mol. The Balaban J connectivity index is 2.14. The zero-order valence-corrected chi connectivity index (χ0v) is 13.0. The summed E-state index contributed by atoms with van der Waals surface area (Å²) in [6.07, 6.45) is 0.145. The number of amides is 1. The molecule has 1 amide bonds. The number of carbonyl (C=O) groups is 2. The van der Waals surface area contributed by atoms with Crippen LogP contribution in [0.5, 0.6) is 5.75 Å². The molecule has 0 bridgehead atoms. The highest BCUT2D eigenvalue weighted by Gasteiger charge is 2.21. The summed E-state index contributed by atoms with van der Waals surface area (Å²) < 4.78 is 0. The zero-order chi connectivity index (χ0) is 17.0. The summed E-state index contributed by atoms with van der Waals surface area (Å²) in [7, 11) is 0. The van der Waals surface area contributed by atoms with E-state index < -0.39 is 17.9 Å². The number of benzene rings is 2. The summed E-state index contributed by atoms with van der Waals surface area (Å²) in [6, 6.07) is 10.6.